The Morgan fingerprint density at radius 3 is 1.46 bits per heavy atom. The van der Waals surface area contributed by atoms with Crippen molar-refractivity contribution in [2.75, 3.05) is 13.2 Å². The van der Waals surface area contributed by atoms with E-state index in [0.29, 0.717) is 13.2 Å². The fourth-order valence-electron chi connectivity index (χ4n) is 3.06. The van der Waals surface area contributed by atoms with Crippen LogP contribution >= 0.6 is 0 Å². The van der Waals surface area contributed by atoms with Crippen molar-refractivity contribution in [3.05, 3.63) is 35.4 Å². The fourth-order valence-corrected chi connectivity index (χ4v) is 3.06. The van der Waals surface area contributed by atoms with Gasteiger partial charge in [0.1, 0.15) is 0 Å². The lowest BCUT2D eigenvalue weighted by atomic mass is 10.1. The van der Waals surface area contributed by atoms with Crippen LogP contribution in [0, 0.1) is 0 Å². The van der Waals surface area contributed by atoms with E-state index in [1.807, 2.05) is 6.92 Å². The molecule has 0 saturated heterocycles. The highest BCUT2D eigenvalue weighted by molar-refractivity contribution is 6.03. The van der Waals surface area contributed by atoms with E-state index >= 15 is 0 Å². The predicted molar refractivity (Wildman–Crippen MR) is 114 cm³/mol. The van der Waals surface area contributed by atoms with E-state index in [4.69, 9.17) is 9.47 Å². The normalized spacial score (nSPS) is 10.6. The standard InChI is InChI=1S/C24H38O4/c1-3-5-7-8-9-10-11-12-13-16-20-28-24(26)22-18-15-14-17-21(22)23(25)27-19-6-4-2/h14-15,17-18H,3-13,16,19-20H2,1-2H3. The first-order valence-electron chi connectivity index (χ1n) is 11.1. The maximum atomic E-state index is 12.3. The smallest absolute Gasteiger partial charge is 0.339 e. The van der Waals surface area contributed by atoms with Crippen LogP contribution < -0.4 is 0 Å². The largest absolute Gasteiger partial charge is 0.462 e. The first-order valence-corrected chi connectivity index (χ1v) is 11.1. The van der Waals surface area contributed by atoms with Gasteiger partial charge in [0, 0.05) is 0 Å². The Kier molecular flexibility index (Phi) is 14.0. The van der Waals surface area contributed by atoms with E-state index < -0.39 is 11.9 Å². The van der Waals surface area contributed by atoms with Crippen LogP contribution in [0.2, 0.25) is 0 Å². The highest BCUT2D eigenvalue weighted by Gasteiger charge is 2.18. The third kappa shape index (κ3) is 10.5. The van der Waals surface area contributed by atoms with Crippen molar-refractivity contribution in [2.24, 2.45) is 0 Å². The molecule has 4 heteroatoms. The van der Waals surface area contributed by atoms with Gasteiger partial charge in [0.2, 0.25) is 0 Å². The molecule has 158 valence electrons. The molecule has 0 aliphatic rings. The van der Waals surface area contributed by atoms with Crippen molar-refractivity contribution < 1.29 is 19.1 Å². The Balaban J connectivity index is 2.22. The van der Waals surface area contributed by atoms with Crippen molar-refractivity contribution >= 4 is 11.9 Å². The van der Waals surface area contributed by atoms with Crippen molar-refractivity contribution in [1.29, 1.82) is 0 Å². The van der Waals surface area contributed by atoms with Crippen LogP contribution in [0.15, 0.2) is 24.3 Å². The molecule has 0 atom stereocenters. The minimum absolute atomic E-state index is 0.284. The number of ether oxygens (including phenoxy) is 2. The van der Waals surface area contributed by atoms with Gasteiger partial charge < -0.3 is 9.47 Å². The molecule has 0 N–H and O–H groups in total. The summed E-state index contributed by atoms with van der Waals surface area (Å²) in [5.74, 6) is -0.904. The van der Waals surface area contributed by atoms with Crippen molar-refractivity contribution in [3.63, 3.8) is 0 Å². The Morgan fingerprint density at radius 1 is 0.607 bits per heavy atom. The van der Waals surface area contributed by atoms with Crippen LogP contribution in [0.4, 0.5) is 0 Å². The molecule has 0 aliphatic heterocycles. The molecule has 1 aromatic rings. The van der Waals surface area contributed by atoms with Crippen LogP contribution in [0.3, 0.4) is 0 Å². The van der Waals surface area contributed by atoms with E-state index in [2.05, 4.69) is 6.92 Å². The molecule has 0 saturated carbocycles. The van der Waals surface area contributed by atoms with Gasteiger partial charge in [-0.25, -0.2) is 9.59 Å². The Labute approximate surface area is 171 Å². The molecule has 0 spiro atoms. The summed E-state index contributed by atoms with van der Waals surface area (Å²) in [6.07, 6.45) is 14.1. The van der Waals surface area contributed by atoms with Gasteiger partial charge in [-0.05, 0) is 25.0 Å². The van der Waals surface area contributed by atoms with Crippen LogP contribution in [-0.2, 0) is 9.47 Å². The van der Waals surface area contributed by atoms with Gasteiger partial charge in [-0.15, -0.1) is 0 Å². The summed E-state index contributed by atoms with van der Waals surface area (Å²) in [6, 6.07) is 6.71. The molecule has 1 aromatic carbocycles. The zero-order chi connectivity index (χ0) is 20.5. The van der Waals surface area contributed by atoms with E-state index in [-0.39, 0.29) is 11.1 Å². The summed E-state index contributed by atoms with van der Waals surface area (Å²) in [7, 11) is 0. The van der Waals surface area contributed by atoms with Gasteiger partial charge >= 0.3 is 11.9 Å². The molecule has 0 unspecified atom stereocenters. The molecule has 0 radical (unpaired) electrons. The monoisotopic (exact) mass is 390 g/mol. The lowest BCUT2D eigenvalue weighted by Crippen LogP contribution is -2.15. The Hall–Kier alpha value is -1.84. The summed E-state index contributed by atoms with van der Waals surface area (Å²) >= 11 is 0. The molecule has 1 rings (SSSR count). The zero-order valence-corrected chi connectivity index (χ0v) is 17.8. The first-order chi connectivity index (χ1) is 13.7. The molecule has 0 aromatic heterocycles. The maximum absolute atomic E-state index is 12.3. The quantitative estimate of drug-likeness (QED) is 0.232. The fraction of sp³-hybridized carbons (Fsp3) is 0.667. The second-order valence-corrected chi connectivity index (χ2v) is 7.35. The molecule has 28 heavy (non-hydrogen) atoms. The molecule has 0 heterocycles. The SMILES string of the molecule is CCCCCCCCCCCCOC(=O)c1ccccc1C(=O)OCCCC. The number of esters is 2. The van der Waals surface area contributed by atoms with Crippen molar-refractivity contribution in [3.8, 4) is 0 Å². The highest BCUT2D eigenvalue weighted by atomic mass is 16.5. The second-order valence-electron chi connectivity index (χ2n) is 7.35. The number of rotatable bonds is 16. The van der Waals surface area contributed by atoms with Crippen LogP contribution in [0.25, 0.3) is 0 Å². The minimum Gasteiger partial charge on any atom is -0.462 e. The number of carbonyl (C=O) groups excluding carboxylic acids is 2. The van der Waals surface area contributed by atoms with Crippen LogP contribution in [0.5, 0.6) is 0 Å². The molecular weight excluding hydrogens is 352 g/mol. The average Bonchev–Trinajstić information content (AvgIpc) is 2.72. The number of unbranched alkanes of at least 4 members (excludes halogenated alkanes) is 10. The van der Waals surface area contributed by atoms with Gasteiger partial charge in [-0.3, -0.25) is 0 Å². The van der Waals surface area contributed by atoms with Gasteiger partial charge in [0.25, 0.3) is 0 Å². The average molecular weight is 391 g/mol. The Bertz CT molecular complexity index is 553. The van der Waals surface area contributed by atoms with Gasteiger partial charge in [-0.2, -0.15) is 0 Å². The van der Waals surface area contributed by atoms with Gasteiger partial charge in [0.05, 0.1) is 24.3 Å². The number of carbonyl (C=O) groups is 2. The molecule has 0 aliphatic carbocycles. The molecule has 0 amide bonds. The lowest BCUT2D eigenvalue weighted by molar-refractivity contribution is 0.0451. The molecular formula is C24H38O4. The third-order valence-electron chi connectivity index (χ3n) is 4.83. The number of hydrogen-bond acceptors (Lipinski definition) is 4. The third-order valence-corrected chi connectivity index (χ3v) is 4.83. The second kappa shape index (κ2) is 16.1. The Morgan fingerprint density at radius 2 is 1.00 bits per heavy atom. The van der Waals surface area contributed by atoms with E-state index in [0.717, 1.165) is 25.7 Å². The maximum Gasteiger partial charge on any atom is 0.339 e. The first kappa shape index (κ1) is 24.2. The summed E-state index contributed by atoms with van der Waals surface area (Å²) in [6.45, 7) is 5.04. The topological polar surface area (TPSA) is 52.6 Å². The number of hydrogen-bond donors (Lipinski definition) is 0. The summed E-state index contributed by atoms with van der Waals surface area (Å²) in [4.78, 5) is 24.5. The predicted octanol–water partition coefficient (Wildman–Crippen LogP) is 6.72. The minimum atomic E-state index is -0.458. The van der Waals surface area contributed by atoms with Crippen LogP contribution in [0.1, 0.15) is 112 Å². The molecule has 0 bridgehead atoms. The summed E-state index contributed by atoms with van der Waals surface area (Å²) in [5, 5.41) is 0. The zero-order valence-electron chi connectivity index (χ0n) is 17.8. The van der Waals surface area contributed by atoms with E-state index in [1.165, 1.54) is 51.4 Å². The summed E-state index contributed by atoms with van der Waals surface area (Å²) in [5.41, 5.74) is 0.572. The highest BCUT2D eigenvalue weighted by Crippen LogP contribution is 2.14. The molecule has 0 fully saturated rings. The number of benzene rings is 1. The van der Waals surface area contributed by atoms with Crippen molar-refractivity contribution in [2.45, 2.75) is 90.9 Å². The van der Waals surface area contributed by atoms with Crippen molar-refractivity contribution in [1.82, 2.24) is 0 Å². The van der Waals surface area contributed by atoms with Gasteiger partial charge in [0.15, 0.2) is 0 Å². The van der Waals surface area contributed by atoms with Crippen LogP contribution in [-0.4, -0.2) is 25.2 Å². The summed E-state index contributed by atoms with van der Waals surface area (Å²) < 4.78 is 10.6. The molecule has 4 nitrogen and oxygen atoms in total. The van der Waals surface area contributed by atoms with E-state index in [1.54, 1.807) is 24.3 Å². The van der Waals surface area contributed by atoms with Gasteiger partial charge in [-0.1, -0.05) is 90.2 Å². The lowest BCUT2D eigenvalue weighted by Gasteiger charge is -2.09. The van der Waals surface area contributed by atoms with E-state index in [9.17, 15) is 9.59 Å².